The molecule has 0 saturated heterocycles. The van der Waals surface area contributed by atoms with E-state index in [4.69, 9.17) is 15.2 Å². The van der Waals surface area contributed by atoms with E-state index in [0.717, 1.165) is 5.56 Å². The van der Waals surface area contributed by atoms with Crippen LogP contribution in [0.5, 0.6) is 0 Å². The van der Waals surface area contributed by atoms with Gasteiger partial charge in [0.1, 0.15) is 11.6 Å². The van der Waals surface area contributed by atoms with E-state index < -0.39 is 11.9 Å². The van der Waals surface area contributed by atoms with Gasteiger partial charge < -0.3 is 19.8 Å². The van der Waals surface area contributed by atoms with Crippen LogP contribution in [0.1, 0.15) is 33.3 Å². The largest absolute Gasteiger partial charge is 0.464 e. The summed E-state index contributed by atoms with van der Waals surface area (Å²) < 4.78 is 13.0. The minimum Gasteiger partial charge on any atom is -0.464 e. The molecule has 0 spiro atoms. The molecule has 0 unspecified atom stereocenters. The fourth-order valence-electron chi connectivity index (χ4n) is 3.40. The summed E-state index contributed by atoms with van der Waals surface area (Å²) in [6, 6.07) is 10.9. The zero-order chi connectivity index (χ0) is 22.8. The number of anilines is 1. The molecule has 160 valence electrons. The molecule has 0 saturated carbocycles. The van der Waals surface area contributed by atoms with E-state index in [2.05, 4.69) is 10.1 Å². The first kappa shape index (κ1) is 20.6. The number of nitrogen functional groups attached to an aromatic ring is 1. The Kier molecular flexibility index (Phi) is 5.30. The number of ether oxygens (including phenoxy) is 2. The van der Waals surface area contributed by atoms with Gasteiger partial charge in [-0.3, -0.25) is 0 Å². The Morgan fingerprint density at radius 1 is 1.25 bits per heavy atom. The van der Waals surface area contributed by atoms with Crippen molar-refractivity contribution in [3.8, 4) is 23.0 Å². The summed E-state index contributed by atoms with van der Waals surface area (Å²) in [7, 11) is 1.24. The molecule has 3 heterocycles. The van der Waals surface area contributed by atoms with E-state index in [0.29, 0.717) is 17.0 Å². The van der Waals surface area contributed by atoms with Crippen LogP contribution in [0.25, 0.3) is 22.6 Å². The molecule has 10 nitrogen and oxygen atoms in total. The van der Waals surface area contributed by atoms with Crippen molar-refractivity contribution in [3.63, 3.8) is 0 Å². The molecule has 4 rings (SSSR count). The van der Waals surface area contributed by atoms with Crippen LogP contribution in [0, 0.1) is 11.3 Å². The summed E-state index contributed by atoms with van der Waals surface area (Å²) in [5, 5.41) is 13.6. The number of fused-ring (bicyclic) bond motifs is 1. The minimum atomic E-state index is -0.660. The van der Waals surface area contributed by atoms with Gasteiger partial charge in [0.2, 0.25) is 0 Å². The van der Waals surface area contributed by atoms with Crippen LogP contribution in [0.4, 0.5) is 5.69 Å². The third-order valence-electron chi connectivity index (χ3n) is 4.86. The third kappa shape index (κ3) is 3.31. The fraction of sp³-hybridized carbons (Fsp3) is 0.136. The van der Waals surface area contributed by atoms with Crippen molar-refractivity contribution < 1.29 is 19.1 Å². The van der Waals surface area contributed by atoms with Crippen molar-refractivity contribution in [3.05, 3.63) is 65.7 Å². The highest BCUT2D eigenvalue weighted by molar-refractivity contribution is 5.96. The molecule has 0 amide bonds. The number of aromatic nitrogens is 4. The lowest BCUT2D eigenvalue weighted by atomic mass is 10.1. The van der Waals surface area contributed by atoms with Crippen molar-refractivity contribution in [1.29, 1.82) is 5.26 Å². The first-order valence-corrected chi connectivity index (χ1v) is 9.60. The molecule has 0 fully saturated rings. The van der Waals surface area contributed by atoms with Gasteiger partial charge in [-0.2, -0.15) is 10.4 Å². The van der Waals surface area contributed by atoms with Gasteiger partial charge in [-0.1, -0.05) is 12.1 Å². The summed E-state index contributed by atoms with van der Waals surface area (Å²) in [5.41, 5.74) is 8.85. The van der Waals surface area contributed by atoms with Crippen LogP contribution >= 0.6 is 0 Å². The van der Waals surface area contributed by atoms with Crippen LogP contribution in [-0.4, -0.2) is 44.8 Å². The third-order valence-corrected chi connectivity index (χ3v) is 4.86. The summed E-state index contributed by atoms with van der Waals surface area (Å²) in [6.45, 7) is 1.97. The highest BCUT2D eigenvalue weighted by Crippen LogP contribution is 2.28. The molecule has 0 atom stereocenters. The Bertz CT molecular complexity index is 1400. The van der Waals surface area contributed by atoms with E-state index >= 15 is 0 Å². The molecule has 0 aliphatic rings. The Labute approximate surface area is 182 Å². The molecular weight excluding hydrogens is 412 g/mol. The number of esters is 2. The van der Waals surface area contributed by atoms with Crippen molar-refractivity contribution in [2.24, 2.45) is 0 Å². The number of carbonyl (C=O) groups is 2. The number of hydrogen-bond acceptors (Lipinski definition) is 8. The van der Waals surface area contributed by atoms with Crippen LogP contribution in [-0.2, 0) is 9.47 Å². The van der Waals surface area contributed by atoms with Crippen molar-refractivity contribution in [2.75, 3.05) is 19.5 Å². The van der Waals surface area contributed by atoms with Crippen LogP contribution < -0.4 is 5.73 Å². The summed E-state index contributed by atoms with van der Waals surface area (Å²) in [6.07, 6.45) is 4.47. The van der Waals surface area contributed by atoms with Gasteiger partial charge in [-0.25, -0.2) is 19.1 Å². The number of nitrogens with two attached hydrogens (primary N) is 1. The quantitative estimate of drug-likeness (QED) is 0.477. The maximum absolute atomic E-state index is 12.3. The van der Waals surface area contributed by atoms with E-state index in [1.165, 1.54) is 28.6 Å². The minimum absolute atomic E-state index is 0.0437. The van der Waals surface area contributed by atoms with Crippen LogP contribution in [0.2, 0.25) is 0 Å². The lowest BCUT2D eigenvalue weighted by molar-refractivity contribution is 0.0527. The van der Waals surface area contributed by atoms with Gasteiger partial charge in [0, 0.05) is 23.6 Å². The Balaban J connectivity index is 1.86. The first-order valence-electron chi connectivity index (χ1n) is 9.60. The summed E-state index contributed by atoms with van der Waals surface area (Å²) >= 11 is 0. The average molecular weight is 430 g/mol. The molecule has 0 bridgehead atoms. The molecule has 0 aliphatic heterocycles. The molecule has 0 radical (unpaired) electrons. The molecule has 4 aromatic rings. The lowest BCUT2D eigenvalue weighted by Gasteiger charge is -2.11. The second-order valence-corrected chi connectivity index (χ2v) is 6.67. The Morgan fingerprint density at radius 2 is 2.06 bits per heavy atom. The zero-order valence-electron chi connectivity index (χ0n) is 17.3. The average Bonchev–Trinajstić information content (AvgIpc) is 3.39. The van der Waals surface area contributed by atoms with Crippen LogP contribution in [0.3, 0.4) is 0 Å². The number of methoxy groups -OCH3 is 1. The smallest absolute Gasteiger partial charge is 0.357 e. The molecular formula is C22H18N6O4. The SMILES string of the molecule is CCOC(=O)c1cnn2c(-c3cccc(-n4cc(C#N)c(N)c4C(=O)OC)c3)ccnc12. The zero-order valence-corrected chi connectivity index (χ0v) is 17.3. The van der Waals surface area contributed by atoms with E-state index in [-0.39, 0.29) is 29.1 Å². The number of nitriles is 1. The van der Waals surface area contributed by atoms with E-state index in [9.17, 15) is 14.9 Å². The number of benzene rings is 1. The fourth-order valence-corrected chi connectivity index (χ4v) is 3.40. The van der Waals surface area contributed by atoms with Gasteiger partial charge >= 0.3 is 11.9 Å². The van der Waals surface area contributed by atoms with Gasteiger partial charge in [0.25, 0.3) is 0 Å². The van der Waals surface area contributed by atoms with Crippen molar-refractivity contribution in [1.82, 2.24) is 19.2 Å². The van der Waals surface area contributed by atoms with E-state index in [1.54, 1.807) is 37.4 Å². The molecule has 2 N–H and O–H groups in total. The van der Waals surface area contributed by atoms with Gasteiger partial charge in [-0.15, -0.1) is 0 Å². The lowest BCUT2D eigenvalue weighted by Crippen LogP contribution is -2.11. The molecule has 10 heteroatoms. The standard InChI is InChI=1S/C22H18N6O4/c1-3-32-21(29)16-11-26-28-17(7-8-25-20(16)28)13-5-4-6-15(9-13)27-12-14(10-23)18(24)19(27)22(30)31-2/h4-9,11-12H,3,24H2,1-2H3. The molecule has 32 heavy (non-hydrogen) atoms. The normalized spacial score (nSPS) is 10.7. The number of carbonyl (C=O) groups excluding carboxylic acids is 2. The predicted octanol–water partition coefficient (Wildman–Crippen LogP) is 2.60. The Hall–Kier alpha value is -4.65. The predicted molar refractivity (Wildman–Crippen MR) is 114 cm³/mol. The van der Waals surface area contributed by atoms with E-state index in [1.807, 2.05) is 12.1 Å². The molecule has 1 aromatic carbocycles. The first-order chi connectivity index (χ1) is 15.5. The van der Waals surface area contributed by atoms with Gasteiger partial charge in [0.05, 0.1) is 36.9 Å². The second-order valence-electron chi connectivity index (χ2n) is 6.67. The highest BCUT2D eigenvalue weighted by atomic mass is 16.5. The number of rotatable bonds is 5. The number of nitrogens with zero attached hydrogens (tertiary/aromatic N) is 5. The summed E-state index contributed by atoms with van der Waals surface area (Å²) in [5.74, 6) is -1.16. The monoisotopic (exact) mass is 430 g/mol. The van der Waals surface area contributed by atoms with Crippen LogP contribution in [0.15, 0.2) is 48.9 Å². The Morgan fingerprint density at radius 3 is 2.78 bits per heavy atom. The highest BCUT2D eigenvalue weighted by Gasteiger charge is 2.22. The summed E-state index contributed by atoms with van der Waals surface area (Å²) in [4.78, 5) is 28.8. The number of hydrogen-bond donors (Lipinski definition) is 1. The topological polar surface area (TPSA) is 138 Å². The van der Waals surface area contributed by atoms with Gasteiger partial charge in [-0.05, 0) is 25.1 Å². The molecule has 0 aliphatic carbocycles. The maximum Gasteiger partial charge on any atom is 0.357 e. The second kappa shape index (κ2) is 8.23. The molecule has 3 aromatic heterocycles. The van der Waals surface area contributed by atoms with Gasteiger partial charge in [0.15, 0.2) is 11.3 Å². The van der Waals surface area contributed by atoms with Crippen molar-refractivity contribution in [2.45, 2.75) is 6.92 Å². The van der Waals surface area contributed by atoms with Crippen molar-refractivity contribution >= 4 is 23.3 Å². The maximum atomic E-state index is 12.3.